The van der Waals surface area contributed by atoms with Crippen molar-refractivity contribution >= 4 is 0 Å². The monoisotopic (exact) mass is 281 g/mol. The fourth-order valence-electron chi connectivity index (χ4n) is 2.71. The first-order chi connectivity index (χ1) is 9.47. The smallest absolute Gasteiger partial charge is 0.126 e. The van der Waals surface area contributed by atoms with E-state index in [1.54, 1.807) is 19.1 Å². The third-order valence-electron chi connectivity index (χ3n) is 4.24. The van der Waals surface area contributed by atoms with Gasteiger partial charge >= 0.3 is 0 Å². The first-order valence-corrected chi connectivity index (χ1v) is 7.32. The molecule has 2 rings (SSSR count). The molecule has 20 heavy (non-hydrogen) atoms. The molecule has 3 atom stereocenters. The second kappa shape index (κ2) is 6.66. The zero-order valence-corrected chi connectivity index (χ0v) is 12.2. The van der Waals surface area contributed by atoms with Crippen LogP contribution in [-0.4, -0.2) is 40.9 Å². The molecule has 3 nitrogen and oxygen atoms in total. The molecule has 1 fully saturated rings. The molecule has 1 aromatic carbocycles. The van der Waals surface area contributed by atoms with Gasteiger partial charge in [-0.15, -0.1) is 0 Å². The first-order valence-electron chi connectivity index (χ1n) is 7.32. The lowest BCUT2D eigenvalue weighted by Crippen LogP contribution is -2.42. The standard InChI is InChI=1S/C16H24FNO2/c1-11-3-4-13(9-14(11)17)16(20)6-8-18-7-5-15(19)12(2)10-18/h3-4,9,12,15-16,19-20H,5-8,10H2,1-2H3. The van der Waals surface area contributed by atoms with E-state index in [0.29, 0.717) is 17.5 Å². The molecule has 0 amide bonds. The van der Waals surface area contributed by atoms with Crippen molar-refractivity contribution in [2.45, 2.75) is 38.9 Å². The summed E-state index contributed by atoms with van der Waals surface area (Å²) in [5.41, 5.74) is 1.23. The summed E-state index contributed by atoms with van der Waals surface area (Å²) >= 11 is 0. The largest absolute Gasteiger partial charge is 0.393 e. The summed E-state index contributed by atoms with van der Waals surface area (Å²) in [6.07, 6.45) is 0.538. The van der Waals surface area contributed by atoms with Crippen LogP contribution in [0.25, 0.3) is 0 Å². The first kappa shape index (κ1) is 15.4. The van der Waals surface area contributed by atoms with E-state index in [2.05, 4.69) is 4.90 Å². The average Bonchev–Trinajstić information content (AvgIpc) is 2.43. The summed E-state index contributed by atoms with van der Waals surface area (Å²) in [4.78, 5) is 2.26. The number of aliphatic hydroxyl groups is 2. The highest BCUT2D eigenvalue weighted by Crippen LogP contribution is 2.22. The summed E-state index contributed by atoms with van der Waals surface area (Å²) in [5, 5.41) is 19.8. The van der Waals surface area contributed by atoms with Gasteiger partial charge in [-0.1, -0.05) is 19.1 Å². The van der Waals surface area contributed by atoms with Gasteiger partial charge in [-0.2, -0.15) is 0 Å². The highest BCUT2D eigenvalue weighted by atomic mass is 19.1. The van der Waals surface area contributed by atoms with Gasteiger partial charge in [0.25, 0.3) is 0 Å². The van der Waals surface area contributed by atoms with Crippen molar-refractivity contribution in [2.75, 3.05) is 19.6 Å². The number of rotatable bonds is 4. The summed E-state index contributed by atoms with van der Waals surface area (Å²) in [6.45, 7) is 6.25. The number of aryl methyl sites for hydroxylation is 1. The maximum absolute atomic E-state index is 13.5. The highest BCUT2D eigenvalue weighted by Gasteiger charge is 2.24. The lowest BCUT2D eigenvalue weighted by atomic mass is 9.96. The lowest BCUT2D eigenvalue weighted by molar-refractivity contribution is 0.0288. The minimum Gasteiger partial charge on any atom is -0.393 e. The topological polar surface area (TPSA) is 43.7 Å². The Morgan fingerprint density at radius 2 is 2.20 bits per heavy atom. The van der Waals surface area contributed by atoms with Crippen LogP contribution in [0, 0.1) is 18.7 Å². The second-order valence-electron chi connectivity index (χ2n) is 5.95. The molecule has 0 spiro atoms. The van der Waals surface area contributed by atoms with Crippen molar-refractivity contribution in [3.8, 4) is 0 Å². The van der Waals surface area contributed by atoms with Crippen molar-refractivity contribution in [1.29, 1.82) is 0 Å². The quantitative estimate of drug-likeness (QED) is 0.889. The van der Waals surface area contributed by atoms with Crippen LogP contribution in [0.1, 0.15) is 37.0 Å². The Hall–Kier alpha value is -0.970. The van der Waals surface area contributed by atoms with Gasteiger partial charge in [0.05, 0.1) is 12.2 Å². The molecule has 0 aromatic heterocycles. The van der Waals surface area contributed by atoms with Crippen molar-refractivity contribution in [3.05, 3.63) is 35.1 Å². The molecule has 0 bridgehead atoms. The number of piperidine rings is 1. The molecule has 0 radical (unpaired) electrons. The van der Waals surface area contributed by atoms with Crippen LogP contribution in [-0.2, 0) is 0 Å². The molecule has 3 unspecified atom stereocenters. The normalized spacial score (nSPS) is 25.6. The summed E-state index contributed by atoms with van der Waals surface area (Å²) in [6, 6.07) is 4.90. The van der Waals surface area contributed by atoms with Crippen LogP contribution in [0.3, 0.4) is 0 Å². The van der Waals surface area contributed by atoms with Crippen LogP contribution in [0.4, 0.5) is 4.39 Å². The van der Waals surface area contributed by atoms with E-state index in [-0.39, 0.29) is 17.8 Å². The number of halogens is 1. The highest BCUT2D eigenvalue weighted by molar-refractivity contribution is 5.24. The Morgan fingerprint density at radius 1 is 1.45 bits per heavy atom. The molecule has 0 aliphatic carbocycles. The van der Waals surface area contributed by atoms with Gasteiger partial charge < -0.3 is 15.1 Å². The van der Waals surface area contributed by atoms with E-state index < -0.39 is 6.10 Å². The van der Waals surface area contributed by atoms with Gasteiger partial charge in [0.15, 0.2) is 0 Å². The lowest BCUT2D eigenvalue weighted by Gasteiger charge is -2.34. The van der Waals surface area contributed by atoms with Crippen molar-refractivity contribution in [1.82, 2.24) is 4.90 Å². The van der Waals surface area contributed by atoms with Gasteiger partial charge in [0.1, 0.15) is 5.82 Å². The predicted octanol–water partition coefficient (Wildman–Crippen LogP) is 2.26. The minimum absolute atomic E-state index is 0.206. The maximum Gasteiger partial charge on any atom is 0.126 e. The summed E-state index contributed by atoms with van der Waals surface area (Å²) in [7, 11) is 0. The molecule has 112 valence electrons. The summed E-state index contributed by atoms with van der Waals surface area (Å²) in [5.74, 6) is 0.00831. The summed E-state index contributed by atoms with van der Waals surface area (Å²) < 4.78 is 13.5. The maximum atomic E-state index is 13.5. The molecule has 0 saturated carbocycles. The fraction of sp³-hybridized carbons (Fsp3) is 0.625. The zero-order valence-electron chi connectivity index (χ0n) is 12.2. The van der Waals surface area contributed by atoms with Crippen LogP contribution in [0.15, 0.2) is 18.2 Å². The molecular formula is C16H24FNO2. The molecular weight excluding hydrogens is 257 g/mol. The number of hydrogen-bond donors (Lipinski definition) is 2. The van der Waals surface area contributed by atoms with Crippen molar-refractivity contribution in [3.63, 3.8) is 0 Å². The van der Waals surface area contributed by atoms with Crippen LogP contribution in [0.5, 0.6) is 0 Å². The van der Waals surface area contributed by atoms with Crippen molar-refractivity contribution in [2.24, 2.45) is 5.92 Å². The molecule has 1 aliphatic heterocycles. The third kappa shape index (κ3) is 3.78. The van der Waals surface area contributed by atoms with Gasteiger partial charge in [-0.25, -0.2) is 4.39 Å². The Balaban J connectivity index is 1.85. The minimum atomic E-state index is -0.632. The molecule has 1 saturated heterocycles. The van der Waals surface area contributed by atoms with Gasteiger partial charge in [0, 0.05) is 19.6 Å². The Bertz CT molecular complexity index is 452. The SMILES string of the molecule is Cc1ccc(C(O)CCN2CCC(O)C(C)C2)cc1F. The number of likely N-dealkylation sites (tertiary alicyclic amines) is 1. The second-order valence-corrected chi connectivity index (χ2v) is 5.95. The predicted molar refractivity (Wildman–Crippen MR) is 76.9 cm³/mol. The third-order valence-corrected chi connectivity index (χ3v) is 4.24. The van der Waals surface area contributed by atoms with Crippen LogP contribution < -0.4 is 0 Å². The number of aliphatic hydroxyl groups excluding tert-OH is 2. The average molecular weight is 281 g/mol. The van der Waals surface area contributed by atoms with Gasteiger partial charge in [-0.3, -0.25) is 0 Å². The molecule has 1 aromatic rings. The molecule has 2 N–H and O–H groups in total. The molecule has 1 heterocycles. The van der Waals surface area contributed by atoms with Crippen LogP contribution in [0.2, 0.25) is 0 Å². The Morgan fingerprint density at radius 3 is 2.85 bits per heavy atom. The van der Waals surface area contributed by atoms with Crippen LogP contribution >= 0.6 is 0 Å². The van der Waals surface area contributed by atoms with E-state index in [0.717, 1.165) is 26.1 Å². The van der Waals surface area contributed by atoms with Gasteiger partial charge in [0.2, 0.25) is 0 Å². The molecule has 1 aliphatic rings. The zero-order chi connectivity index (χ0) is 14.7. The number of benzene rings is 1. The number of nitrogens with zero attached hydrogens (tertiary/aromatic N) is 1. The van der Waals surface area contributed by atoms with Crippen molar-refractivity contribution < 1.29 is 14.6 Å². The Kier molecular flexibility index (Phi) is 5.13. The number of hydrogen-bond acceptors (Lipinski definition) is 3. The molecule has 4 heteroatoms. The van der Waals surface area contributed by atoms with E-state index in [1.807, 2.05) is 6.92 Å². The van der Waals surface area contributed by atoms with E-state index in [1.165, 1.54) is 6.07 Å². The van der Waals surface area contributed by atoms with E-state index >= 15 is 0 Å². The Labute approximate surface area is 120 Å². The van der Waals surface area contributed by atoms with Gasteiger partial charge in [-0.05, 0) is 42.9 Å². The van der Waals surface area contributed by atoms with E-state index in [9.17, 15) is 14.6 Å². The van der Waals surface area contributed by atoms with E-state index in [4.69, 9.17) is 0 Å². The fourth-order valence-corrected chi connectivity index (χ4v) is 2.71.